The van der Waals surface area contributed by atoms with E-state index < -0.39 is 29.6 Å². The topological polar surface area (TPSA) is 124 Å². The SMILES string of the molecule is CCOC(=O)[C@H](COCCCC1CCN(C(=O)OCc2ccccc2)CC1)NC1CCc2ccccc2N(CC(=O)OC(C)(C)C)C1=O. The summed E-state index contributed by atoms with van der Waals surface area (Å²) in [7, 11) is 0. The van der Waals surface area contributed by atoms with E-state index in [9.17, 15) is 19.2 Å². The monoisotopic (exact) mass is 665 g/mol. The van der Waals surface area contributed by atoms with E-state index in [1.54, 1.807) is 32.6 Å². The largest absolute Gasteiger partial charge is 0.465 e. The lowest BCUT2D eigenvalue weighted by Crippen LogP contribution is -2.54. The van der Waals surface area contributed by atoms with Gasteiger partial charge in [0, 0.05) is 25.4 Å². The van der Waals surface area contributed by atoms with Gasteiger partial charge in [-0.05, 0) is 89.3 Å². The van der Waals surface area contributed by atoms with E-state index in [0.29, 0.717) is 44.1 Å². The molecule has 2 atom stereocenters. The summed E-state index contributed by atoms with van der Waals surface area (Å²) in [6, 6.07) is 15.6. The van der Waals surface area contributed by atoms with Gasteiger partial charge in [0.15, 0.2) is 0 Å². The number of benzene rings is 2. The number of likely N-dealkylation sites (tertiary alicyclic amines) is 1. The predicted octanol–water partition coefficient (Wildman–Crippen LogP) is 5.04. The van der Waals surface area contributed by atoms with E-state index >= 15 is 0 Å². The van der Waals surface area contributed by atoms with Crippen LogP contribution in [0.5, 0.6) is 0 Å². The Morgan fingerprint density at radius 2 is 1.67 bits per heavy atom. The molecular formula is C37H51N3O8. The molecule has 1 fully saturated rings. The number of nitrogens with zero attached hydrogens (tertiary/aromatic N) is 2. The number of hydrogen-bond donors (Lipinski definition) is 1. The minimum Gasteiger partial charge on any atom is -0.465 e. The number of aryl methyl sites for hydroxylation is 1. The molecule has 1 unspecified atom stereocenters. The summed E-state index contributed by atoms with van der Waals surface area (Å²) in [6.07, 6.45) is 4.31. The zero-order valence-electron chi connectivity index (χ0n) is 28.8. The summed E-state index contributed by atoms with van der Waals surface area (Å²) in [6.45, 7) is 9.15. The Balaban J connectivity index is 1.25. The predicted molar refractivity (Wildman–Crippen MR) is 181 cm³/mol. The second kappa shape index (κ2) is 18.0. The number of para-hydroxylation sites is 1. The molecule has 262 valence electrons. The lowest BCUT2D eigenvalue weighted by Gasteiger charge is -2.31. The number of carbonyl (C=O) groups excluding carboxylic acids is 4. The number of piperidine rings is 1. The molecule has 2 amide bonds. The second-order valence-electron chi connectivity index (χ2n) is 13.4. The van der Waals surface area contributed by atoms with Crippen LogP contribution in [-0.4, -0.2) is 86.0 Å². The first-order valence-corrected chi connectivity index (χ1v) is 17.1. The van der Waals surface area contributed by atoms with Gasteiger partial charge < -0.3 is 23.8 Å². The van der Waals surface area contributed by atoms with Gasteiger partial charge in [0.05, 0.1) is 19.3 Å². The van der Waals surface area contributed by atoms with Gasteiger partial charge in [0.1, 0.15) is 24.8 Å². The van der Waals surface area contributed by atoms with Crippen molar-refractivity contribution in [3.8, 4) is 0 Å². The molecule has 0 spiro atoms. The molecule has 2 aliphatic heterocycles. The molecule has 2 heterocycles. The Morgan fingerprint density at radius 3 is 2.38 bits per heavy atom. The summed E-state index contributed by atoms with van der Waals surface area (Å²) < 4.78 is 22.3. The number of carbonyl (C=O) groups is 4. The first-order chi connectivity index (χ1) is 23.0. The van der Waals surface area contributed by atoms with E-state index in [2.05, 4.69) is 5.32 Å². The van der Waals surface area contributed by atoms with Crippen LogP contribution < -0.4 is 10.2 Å². The average Bonchev–Trinajstić information content (AvgIpc) is 3.19. The van der Waals surface area contributed by atoms with Crippen molar-refractivity contribution in [1.82, 2.24) is 10.2 Å². The van der Waals surface area contributed by atoms with Gasteiger partial charge in [-0.2, -0.15) is 0 Å². The summed E-state index contributed by atoms with van der Waals surface area (Å²) in [5.74, 6) is -0.829. The highest BCUT2D eigenvalue weighted by Crippen LogP contribution is 2.28. The molecule has 2 aromatic rings. The normalized spacial score (nSPS) is 17.7. The van der Waals surface area contributed by atoms with Crippen LogP contribution in [0.1, 0.15) is 70.9 Å². The Morgan fingerprint density at radius 1 is 0.958 bits per heavy atom. The van der Waals surface area contributed by atoms with Crippen molar-refractivity contribution in [2.24, 2.45) is 5.92 Å². The summed E-state index contributed by atoms with van der Waals surface area (Å²) in [5, 5.41) is 3.20. The smallest absolute Gasteiger partial charge is 0.410 e. The van der Waals surface area contributed by atoms with Crippen LogP contribution >= 0.6 is 0 Å². The fourth-order valence-corrected chi connectivity index (χ4v) is 6.10. The molecule has 0 radical (unpaired) electrons. The molecule has 11 nitrogen and oxygen atoms in total. The van der Waals surface area contributed by atoms with Crippen molar-refractivity contribution >= 4 is 29.6 Å². The number of hydrogen-bond acceptors (Lipinski definition) is 9. The Hall–Kier alpha value is -3.96. The lowest BCUT2D eigenvalue weighted by molar-refractivity contribution is -0.154. The highest BCUT2D eigenvalue weighted by atomic mass is 16.6. The summed E-state index contributed by atoms with van der Waals surface area (Å²) >= 11 is 0. The molecular weight excluding hydrogens is 614 g/mol. The van der Waals surface area contributed by atoms with Gasteiger partial charge in [-0.15, -0.1) is 0 Å². The van der Waals surface area contributed by atoms with Gasteiger partial charge in [0.25, 0.3) is 0 Å². The third-order valence-corrected chi connectivity index (χ3v) is 8.49. The Bertz CT molecular complexity index is 1350. The highest BCUT2D eigenvalue weighted by Gasteiger charge is 2.35. The first-order valence-electron chi connectivity index (χ1n) is 17.1. The molecule has 0 aliphatic carbocycles. The average molecular weight is 666 g/mol. The number of anilines is 1. The number of amides is 2. The molecule has 4 rings (SSSR count). The molecule has 0 saturated carbocycles. The minimum atomic E-state index is -0.853. The molecule has 0 bridgehead atoms. The molecule has 2 aliphatic rings. The van der Waals surface area contributed by atoms with Gasteiger partial charge in [-0.3, -0.25) is 24.6 Å². The standard InChI is InChI=1S/C37H51N3O8/c1-5-46-35(43)31(26-45-23-11-14-27-19-21-39(22-20-27)36(44)47-25-28-12-7-6-8-13-28)38-30-18-17-29-15-9-10-16-32(29)40(34(30)42)24-33(41)48-37(2,3)4/h6-10,12-13,15-16,27,30-31,38H,5,11,14,17-26H2,1-4H3/t30?,31-/m0/s1. The van der Waals surface area contributed by atoms with Crippen LogP contribution in [0.4, 0.5) is 10.5 Å². The van der Waals surface area contributed by atoms with Crippen molar-refractivity contribution in [3.05, 3.63) is 65.7 Å². The van der Waals surface area contributed by atoms with Gasteiger partial charge >= 0.3 is 18.0 Å². The lowest BCUT2D eigenvalue weighted by atomic mass is 9.92. The quantitative estimate of drug-likeness (QED) is 0.168. The maximum Gasteiger partial charge on any atom is 0.410 e. The van der Waals surface area contributed by atoms with Crippen LogP contribution in [0.2, 0.25) is 0 Å². The number of rotatable bonds is 14. The van der Waals surface area contributed by atoms with Crippen LogP contribution in [-0.2, 0) is 46.4 Å². The van der Waals surface area contributed by atoms with E-state index in [-0.39, 0.29) is 38.4 Å². The minimum absolute atomic E-state index is 0.0489. The molecule has 0 aromatic heterocycles. The zero-order valence-corrected chi connectivity index (χ0v) is 28.8. The van der Waals surface area contributed by atoms with Crippen molar-refractivity contribution in [3.63, 3.8) is 0 Å². The number of ether oxygens (including phenoxy) is 4. The third-order valence-electron chi connectivity index (χ3n) is 8.49. The van der Waals surface area contributed by atoms with Crippen LogP contribution in [0.3, 0.4) is 0 Å². The Labute approximate surface area is 284 Å². The molecule has 48 heavy (non-hydrogen) atoms. The fourth-order valence-electron chi connectivity index (χ4n) is 6.10. The van der Waals surface area contributed by atoms with E-state index in [4.69, 9.17) is 18.9 Å². The summed E-state index contributed by atoms with van der Waals surface area (Å²) in [4.78, 5) is 55.4. The van der Waals surface area contributed by atoms with Crippen molar-refractivity contribution in [2.45, 2.75) is 90.5 Å². The first kappa shape index (κ1) is 36.9. The molecule has 11 heteroatoms. The van der Waals surface area contributed by atoms with Crippen molar-refractivity contribution in [2.75, 3.05) is 44.4 Å². The highest BCUT2D eigenvalue weighted by molar-refractivity contribution is 6.02. The van der Waals surface area contributed by atoms with E-state index in [1.807, 2.05) is 54.6 Å². The maximum absolute atomic E-state index is 13.9. The molecule has 1 N–H and O–H groups in total. The maximum atomic E-state index is 13.9. The van der Waals surface area contributed by atoms with Crippen LogP contribution in [0, 0.1) is 5.92 Å². The van der Waals surface area contributed by atoms with Crippen LogP contribution in [0.25, 0.3) is 0 Å². The number of nitrogens with one attached hydrogen (secondary N) is 1. The van der Waals surface area contributed by atoms with Gasteiger partial charge in [-0.1, -0.05) is 48.5 Å². The number of fused-ring (bicyclic) bond motifs is 1. The van der Waals surface area contributed by atoms with E-state index in [0.717, 1.165) is 36.8 Å². The fraction of sp³-hybridized carbons (Fsp3) is 0.568. The molecule has 2 aromatic carbocycles. The van der Waals surface area contributed by atoms with Crippen molar-refractivity contribution in [1.29, 1.82) is 0 Å². The molecule has 1 saturated heterocycles. The van der Waals surface area contributed by atoms with Gasteiger partial charge in [-0.25, -0.2) is 4.79 Å². The number of esters is 2. The summed E-state index contributed by atoms with van der Waals surface area (Å²) in [5.41, 5.74) is 1.88. The second-order valence-corrected chi connectivity index (χ2v) is 13.4. The third kappa shape index (κ3) is 11.3. The van der Waals surface area contributed by atoms with Gasteiger partial charge in [0.2, 0.25) is 5.91 Å². The van der Waals surface area contributed by atoms with Crippen molar-refractivity contribution < 1.29 is 38.1 Å². The van der Waals surface area contributed by atoms with Crippen LogP contribution in [0.15, 0.2) is 54.6 Å². The Kier molecular flexibility index (Phi) is 13.8. The zero-order chi connectivity index (χ0) is 34.5. The van der Waals surface area contributed by atoms with E-state index in [1.165, 1.54) is 4.90 Å².